The maximum atomic E-state index is 6.61. The molecule has 0 spiro atoms. The zero-order chi connectivity index (χ0) is 35.2. The number of nitrogens with zero attached hydrogens (tertiary/aromatic N) is 3. The third kappa shape index (κ3) is 3.76. The van der Waals surface area contributed by atoms with E-state index in [1.54, 1.807) is 0 Å². The van der Waals surface area contributed by atoms with E-state index in [2.05, 4.69) is 141 Å². The van der Waals surface area contributed by atoms with Crippen molar-refractivity contribution in [3.63, 3.8) is 0 Å². The maximum Gasteiger partial charge on any atom is 0.160 e. The topological polar surface area (TPSA) is 43.9 Å². The minimum Gasteiger partial charge on any atom is -0.455 e. The van der Waals surface area contributed by atoms with Gasteiger partial charge in [0.25, 0.3) is 0 Å². The van der Waals surface area contributed by atoms with Crippen molar-refractivity contribution in [2.45, 2.75) is 19.3 Å². The minimum absolute atomic E-state index is 0.239. The molecule has 9 heteroatoms. The van der Waals surface area contributed by atoms with E-state index in [0.29, 0.717) is 0 Å². The molecule has 242 valence electrons. The standard InChI is InChI=1S/C43H31B4N3OS/c1-43(2)26-14-8-12-24-31-23-10-4-6-16-30(23)52-42(31)50(39(24)26)28-18-17-20(19-27(28)43)41-48-37(32-33(44)34(45)35(46)36(47)38(32)49-41)25-13-7-11-22-21-9-3-5-15-29(21)51-40(22)25/h3-19H,44-47H2,1-2H3. The molecule has 0 aliphatic carbocycles. The molecule has 0 atom stereocenters. The molecule has 5 heterocycles. The second-order valence-corrected chi connectivity index (χ2v) is 16.1. The second kappa shape index (κ2) is 10.3. The fraction of sp³-hybridized carbons (Fsp3) is 0.0698. The van der Waals surface area contributed by atoms with Crippen molar-refractivity contribution in [1.29, 1.82) is 0 Å². The smallest absolute Gasteiger partial charge is 0.160 e. The summed E-state index contributed by atoms with van der Waals surface area (Å²) in [5.74, 6) is 0.725. The molecule has 0 bridgehead atoms. The van der Waals surface area contributed by atoms with Gasteiger partial charge in [0.15, 0.2) is 5.82 Å². The zero-order valence-electron chi connectivity index (χ0n) is 30.0. The Hall–Kier alpha value is -5.52. The van der Waals surface area contributed by atoms with Crippen molar-refractivity contribution in [2.75, 3.05) is 0 Å². The molecule has 52 heavy (non-hydrogen) atoms. The van der Waals surface area contributed by atoms with Crippen LogP contribution in [-0.2, 0) is 5.41 Å². The van der Waals surface area contributed by atoms with Crippen molar-refractivity contribution in [2.24, 2.45) is 0 Å². The predicted molar refractivity (Wildman–Crippen MR) is 232 cm³/mol. The molecule has 4 aromatic heterocycles. The number of hydrogen-bond acceptors (Lipinski definition) is 4. The van der Waals surface area contributed by atoms with Crippen LogP contribution in [0.1, 0.15) is 25.0 Å². The predicted octanol–water partition coefficient (Wildman–Crippen LogP) is 4.85. The van der Waals surface area contributed by atoms with E-state index < -0.39 is 0 Å². The second-order valence-electron chi connectivity index (χ2n) is 15.1. The molecule has 0 amide bonds. The highest BCUT2D eigenvalue weighted by Crippen LogP contribution is 2.51. The van der Waals surface area contributed by atoms with Gasteiger partial charge in [-0.05, 0) is 47.5 Å². The number of rotatable bonds is 2. The van der Waals surface area contributed by atoms with E-state index in [0.717, 1.165) is 55.5 Å². The van der Waals surface area contributed by atoms with Gasteiger partial charge in [0.2, 0.25) is 0 Å². The molecular formula is C43H31B4N3OS. The minimum atomic E-state index is -0.239. The van der Waals surface area contributed by atoms with Crippen molar-refractivity contribution < 1.29 is 4.42 Å². The molecule has 1 aliphatic rings. The zero-order valence-corrected chi connectivity index (χ0v) is 30.8. The Morgan fingerprint density at radius 1 is 0.654 bits per heavy atom. The van der Waals surface area contributed by atoms with Gasteiger partial charge in [-0.2, -0.15) is 0 Å². The van der Waals surface area contributed by atoms with Crippen LogP contribution in [0.15, 0.2) is 108 Å². The summed E-state index contributed by atoms with van der Waals surface area (Å²) >= 11 is 1.88. The molecule has 0 saturated carbocycles. The lowest BCUT2D eigenvalue weighted by Gasteiger charge is -2.35. The van der Waals surface area contributed by atoms with Crippen molar-refractivity contribution in [1.82, 2.24) is 14.5 Å². The summed E-state index contributed by atoms with van der Waals surface area (Å²) < 4.78 is 10.4. The summed E-state index contributed by atoms with van der Waals surface area (Å²) in [6.45, 7) is 4.73. The van der Waals surface area contributed by atoms with Gasteiger partial charge in [-0.3, -0.25) is 0 Å². The van der Waals surface area contributed by atoms with Crippen LogP contribution >= 0.6 is 11.3 Å². The number of furan rings is 1. The van der Waals surface area contributed by atoms with Crippen molar-refractivity contribution in [3.8, 4) is 28.3 Å². The molecule has 0 N–H and O–H groups in total. The molecule has 0 saturated heterocycles. The fourth-order valence-electron chi connectivity index (χ4n) is 9.06. The average molecular weight is 681 g/mol. The Kier molecular flexibility index (Phi) is 5.97. The van der Waals surface area contributed by atoms with E-state index in [1.807, 2.05) is 23.5 Å². The van der Waals surface area contributed by atoms with Crippen LogP contribution in [-0.4, -0.2) is 45.9 Å². The number of benzene rings is 6. The van der Waals surface area contributed by atoms with Gasteiger partial charge in [-0.25, -0.2) is 9.97 Å². The van der Waals surface area contributed by atoms with Crippen molar-refractivity contribution >= 4 is 129 Å². The Bertz CT molecular complexity index is 3230. The molecule has 1 aliphatic heterocycles. The van der Waals surface area contributed by atoms with E-state index >= 15 is 0 Å². The number of aromatic nitrogens is 3. The number of hydrogen-bond donors (Lipinski definition) is 0. The van der Waals surface area contributed by atoms with Crippen LogP contribution in [0, 0.1) is 0 Å². The van der Waals surface area contributed by atoms with Crippen LogP contribution in [0.25, 0.3) is 92.4 Å². The molecule has 11 rings (SSSR count). The first-order valence-corrected chi connectivity index (χ1v) is 18.8. The first-order chi connectivity index (χ1) is 25.2. The molecule has 6 aromatic carbocycles. The maximum absolute atomic E-state index is 6.61. The van der Waals surface area contributed by atoms with Crippen LogP contribution in [0.2, 0.25) is 0 Å². The summed E-state index contributed by atoms with van der Waals surface area (Å²) in [4.78, 5) is 12.2. The van der Waals surface area contributed by atoms with Gasteiger partial charge in [0.05, 0.1) is 22.4 Å². The number of para-hydroxylation sites is 3. The van der Waals surface area contributed by atoms with E-state index in [-0.39, 0.29) is 5.41 Å². The number of fused-ring (bicyclic) bond motifs is 11. The highest BCUT2D eigenvalue weighted by Gasteiger charge is 2.36. The lowest BCUT2D eigenvalue weighted by molar-refractivity contribution is 0.630. The summed E-state index contributed by atoms with van der Waals surface area (Å²) in [5.41, 5.74) is 15.5. The molecule has 0 fully saturated rings. The van der Waals surface area contributed by atoms with Gasteiger partial charge in [0, 0.05) is 53.6 Å². The third-order valence-electron chi connectivity index (χ3n) is 12.1. The SMILES string of the molecule is Bc1c(B)c(B)c2c(-c3cccc4c3oc3ccccc34)nc(-c3ccc4c(c3)C(C)(C)c3cccc5c6c7ccccc7sc6n-4c35)nc2c1B. The molecule has 0 unspecified atom stereocenters. The summed E-state index contributed by atoms with van der Waals surface area (Å²) in [6, 6.07) is 37.3. The lowest BCUT2D eigenvalue weighted by atomic mass is 9.65. The first kappa shape index (κ1) is 30.1. The molecule has 10 aromatic rings. The average Bonchev–Trinajstić information content (AvgIpc) is 3.84. The van der Waals surface area contributed by atoms with Gasteiger partial charge >= 0.3 is 0 Å². The first-order valence-electron chi connectivity index (χ1n) is 18.0. The van der Waals surface area contributed by atoms with E-state index in [4.69, 9.17) is 14.4 Å². The third-order valence-corrected chi connectivity index (χ3v) is 13.3. The largest absolute Gasteiger partial charge is 0.455 e. The Morgan fingerprint density at radius 3 is 2.25 bits per heavy atom. The van der Waals surface area contributed by atoms with E-state index in [1.165, 1.54) is 69.9 Å². The van der Waals surface area contributed by atoms with Gasteiger partial charge < -0.3 is 8.98 Å². The lowest BCUT2D eigenvalue weighted by Crippen LogP contribution is -2.48. The van der Waals surface area contributed by atoms with Crippen LogP contribution in [0.5, 0.6) is 0 Å². The monoisotopic (exact) mass is 681 g/mol. The van der Waals surface area contributed by atoms with Gasteiger partial charge in [-0.15, -0.1) is 16.8 Å². The summed E-state index contributed by atoms with van der Waals surface area (Å²) in [7, 11) is 8.84. The molecule has 0 radical (unpaired) electrons. The van der Waals surface area contributed by atoms with Crippen molar-refractivity contribution in [3.05, 3.63) is 114 Å². The summed E-state index contributed by atoms with van der Waals surface area (Å²) in [5, 5.41) is 7.30. The molecular weight excluding hydrogens is 650 g/mol. The van der Waals surface area contributed by atoms with Crippen LogP contribution in [0.4, 0.5) is 0 Å². The van der Waals surface area contributed by atoms with E-state index in [9.17, 15) is 0 Å². The Balaban J connectivity index is 1.21. The highest BCUT2D eigenvalue weighted by molar-refractivity contribution is 7.25. The fourth-order valence-corrected chi connectivity index (χ4v) is 10.3. The van der Waals surface area contributed by atoms with Gasteiger partial charge in [0.1, 0.15) is 47.4 Å². The normalized spacial score (nSPS) is 13.7. The Labute approximate surface area is 308 Å². The quantitative estimate of drug-likeness (QED) is 0.246. The molecule has 4 nitrogen and oxygen atoms in total. The highest BCUT2D eigenvalue weighted by atomic mass is 32.1. The number of thiophene rings is 1. The van der Waals surface area contributed by atoms with Crippen LogP contribution < -0.4 is 21.9 Å². The van der Waals surface area contributed by atoms with Gasteiger partial charge in [-0.1, -0.05) is 97.0 Å². The Morgan fingerprint density at radius 2 is 1.38 bits per heavy atom. The summed E-state index contributed by atoms with van der Waals surface area (Å²) in [6.07, 6.45) is 0. The van der Waals surface area contributed by atoms with Crippen LogP contribution in [0.3, 0.4) is 0 Å².